The van der Waals surface area contributed by atoms with E-state index in [4.69, 9.17) is 11.6 Å². The maximum absolute atomic E-state index is 14.8. The van der Waals surface area contributed by atoms with Gasteiger partial charge in [0.2, 0.25) is 11.8 Å². The van der Waals surface area contributed by atoms with Gasteiger partial charge >= 0.3 is 5.97 Å². The molecular weight excluding hydrogens is 655 g/mol. The number of benzene rings is 3. The van der Waals surface area contributed by atoms with Gasteiger partial charge in [0.25, 0.3) is 5.91 Å². The molecule has 0 aliphatic heterocycles. The minimum absolute atomic E-state index is 0.0107. The molecule has 3 aromatic carbocycles. The van der Waals surface area contributed by atoms with Crippen LogP contribution in [0.2, 0.25) is 5.02 Å². The molecular formula is C35H32ClFN6O6. The fourth-order valence-corrected chi connectivity index (χ4v) is 6.19. The van der Waals surface area contributed by atoms with E-state index in [0.29, 0.717) is 32.6 Å². The molecule has 12 nitrogen and oxygen atoms in total. The number of nitrogens with one attached hydrogen (secondary N) is 4. The Balaban J connectivity index is 1.25. The lowest BCUT2D eigenvalue weighted by atomic mass is 10.0. The first-order chi connectivity index (χ1) is 23.5. The Hall–Kier alpha value is -5.69. The number of carbonyl (C=O) groups is 4. The van der Waals surface area contributed by atoms with Gasteiger partial charge in [-0.05, 0) is 73.9 Å². The molecule has 1 saturated carbocycles. The van der Waals surface area contributed by atoms with Crippen LogP contribution in [-0.2, 0) is 16.0 Å². The van der Waals surface area contributed by atoms with Crippen molar-refractivity contribution >= 4 is 57.6 Å². The number of hydrogen-bond acceptors (Lipinski definition) is 6. The number of aromatic nitrogens is 3. The van der Waals surface area contributed by atoms with Gasteiger partial charge in [-0.3, -0.25) is 14.4 Å². The molecule has 0 radical (unpaired) electrons. The van der Waals surface area contributed by atoms with Crippen LogP contribution in [0.5, 0.6) is 0 Å². The van der Waals surface area contributed by atoms with Crippen molar-refractivity contribution in [1.82, 2.24) is 20.0 Å². The predicted molar refractivity (Wildman–Crippen MR) is 180 cm³/mol. The number of carboxylic acid groups (broad SMARTS) is 1. The SMILES string of the molecule is Cc1nc(-c2cccc(Cl)c2F)n(O)c1C(=O)N[C@@H](Cc1ccc(NC(=O)C2CCCC2)cc1)C(=O)Nc1ccc2[nH]c(C(=O)O)cc2c1. The summed E-state index contributed by atoms with van der Waals surface area (Å²) < 4.78 is 15.2. The van der Waals surface area contributed by atoms with Gasteiger partial charge in [-0.1, -0.05) is 42.6 Å². The third-order valence-corrected chi connectivity index (χ3v) is 8.86. The molecule has 14 heteroatoms. The van der Waals surface area contributed by atoms with Crippen LogP contribution in [0.3, 0.4) is 0 Å². The highest BCUT2D eigenvalue weighted by atomic mass is 35.5. The van der Waals surface area contributed by atoms with Crippen molar-refractivity contribution in [3.05, 3.63) is 100 Å². The van der Waals surface area contributed by atoms with Crippen molar-refractivity contribution < 1.29 is 33.9 Å². The first kappa shape index (κ1) is 33.2. The number of H-pyrrole nitrogens is 1. The maximum Gasteiger partial charge on any atom is 0.352 e. The molecule has 5 aromatic rings. The van der Waals surface area contributed by atoms with Crippen LogP contribution in [0.4, 0.5) is 15.8 Å². The zero-order valence-corrected chi connectivity index (χ0v) is 27.0. The Morgan fingerprint density at radius 3 is 2.45 bits per heavy atom. The van der Waals surface area contributed by atoms with Gasteiger partial charge in [0.05, 0.1) is 16.3 Å². The van der Waals surface area contributed by atoms with E-state index in [0.717, 1.165) is 25.7 Å². The van der Waals surface area contributed by atoms with E-state index in [2.05, 4.69) is 25.9 Å². The molecule has 252 valence electrons. The number of rotatable bonds is 10. The van der Waals surface area contributed by atoms with Crippen molar-refractivity contribution in [1.29, 1.82) is 0 Å². The standard InChI is InChI=1S/C35H32ClFN6O6/c1-18-30(43(49)31(38-18)24-7-4-8-25(36)29(24)37)34(46)42-27(15-19-9-11-22(12-10-19)39-32(44)20-5-2-3-6-20)33(45)40-23-13-14-26-21(16-23)17-28(41-26)35(47)48/h4,7-14,16-17,20,27,41,49H,2-3,5-6,15H2,1H3,(H,39,44)(H,40,45)(H,42,46)(H,47,48)/t27-/m0/s1. The second kappa shape index (κ2) is 13.8. The summed E-state index contributed by atoms with van der Waals surface area (Å²) in [6.07, 6.45) is 3.80. The van der Waals surface area contributed by atoms with Gasteiger partial charge in [0.15, 0.2) is 17.3 Å². The number of aryl methyl sites for hydroxylation is 1. The lowest BCUT2D eigenvalue weighted by molar-refractivity contribution is -0.119. The minimum atomic E-state index is -1.19. The third kappa shape index (κ3) is 7.11. The number of imidazole rings is 1. The fraction of sp³-hybridized carbons (Fsp3) is 0.229. The number of nitrogens with zero attached hydrogens (tertiary/aromatic N) is 2. The average Bonchev–Trinajstić information content (AvgIpc) is 3.82. The molecule has 0 bridgehead atoms. The summed E-state index contributed by atoms with van der Waals surface area (Å²) in [5.41, 5.74) is 1.78. The molecule has 0 saturated heterocycles. The van der Waals surface area contributed by atoms with E-state index in [1.165, 1.54) is 31.2 Å². The summed E-state index contributed by atoms with van der Waals surface area (Å²) in [7, 11) is 0. The van der Waals surface area contributed by atoms with E-state index in [-0.39, 0.29) is 51.7 Å². The summed E-state index contributed by atoms with van der Waals surface area (Å²) in [5, 5.41) is 29.0. The molecule has 2 heterocycles. The number of anilines is 2. The summed E-state index contributed by atoms with van der Waals surface area (Å²) in [5.74, 6) is -3.71. The second-order valence-corrected chi connectivity index (χ2v) is 12.4. The van der Waals surface area contributed by atoms with Crippen molar-refractivity contribution in [2.45, 2.75) is 45.1 Å². The maximum atomic E-state index is 14.8. The summed E-state index contributed by atoms with van der Waals surface area (Å²) in [6, 6.07) is 16.1. The van der Waals surface area contributed by atoms with Crippen LogP contribution < -0.4 is 16.0 Å². The molecule has 2 aromatic heterocycles. The van der Waals surface area contributed by atoms with Gasteiger partial charge in [0, 0.05) is 34.6 Å². The highest BCUT2D eigenvalue weighted by Crippen LogP contribution is 2.29. The molecule has 6 N–H and O–H groups in total. The molecule has 1 atom stereocenters. The third-order valence-electron chi connectivity index (χ3n) is 8.56. The minimum Gasteiger partial charge on any atom is -0.477 e. The summed E-state index contributed by atoms with van der Waals surface area (Å²) in [6.45, 7) is 1.46. The highest BCUT2D eigenvalue weighted by molar-refractivity contribution is 6.31. The van der Waals surface area contributed by atoms with E-state index < -0.39 is 29.6 Å². The lowest BCUT2D eigenvalue weighted by Crippen LogP contribution is -2.46. The molecule has 1 fully saturated rings. The molecule has 0 spiro atoms. The fourth-order valence-electron chi connectivity index (χ4n) is 6.01. The molecule has 49 heavy (non-hydrogen) atoms. The van der Waals surface area contributed by atoms with Crippen LogP contribution in [0.15, 0.2) is 66.7 Å². The topological polar surface area (TPSA) is 178 Å². The Labute approximate surface area is 284 Å². The van der Waals surface area contributed by atoms with Crippen molar-refractivity contribution in [2.24, 2.45) is 5.92 Å². The van der Waals surface area contributed by atoms with Crippen molar-refractivity contribution in [3.8, 4) is 11.4 Å². The highest BCUT2D eigenvalue weighted by Gasteiger charge is 2.29. The molecule has 1 aliphatic rings. The van der Waals surface area contributed by atoms with E-state index in [1.807, 2.05) is 0 Å². The average molecular weight is 687 g/mol. The zero-order chi connectivity index (χ0) is 34.8. The molecule has 0 unspecified atom stereocenters. The number of fused-ring (bicyclic) bond motifs is 1. The van der Waals surface area contributed by atoms with Gasteiger partial charge in [0.1, 0.15) is 11.7 Å². The smallest absolute Gasteiger partial charge is 0.352 e. The largest absolute Gasteiger partial charge is 0.477 e. The summed E-state index contributed by atoms with van der Waals surface area (Å²) in [4.78, 5) is 58.3. The Morgan fingerprint density at radius 2 is 1.73 bits per heavy atom. The molecule has 1 aliphatic carbocycles. The first-order valence-corrected chi connectivity index (χ1v) is 16.0. The van der Waals surface area contributed by atoms with Crippen LogP contribution in [0, 0.1) is 18.7 Å². The monoisotopic (exact) mass is 686 g/mol. The van der Waals surface area contributed by atoms with Crippen molar-refractivity contribution in [2.75, 3.05) is 10.6 Å². The predicted octanol–water partition coefficient (Wildman–Crippen LogP) is 6.18. The number of hydrogen-bond donors (Lipinski definition) is 6. The first-order valence-electron chi connectivity index (χ1n) is 15.6. The van der Waals surface area contributed by atoms with Gasteiger partial charge in [-0.15, -0.1) is 0 Å². The lowest BCUT2D eigenvalue weighted by Gasteiger charge is -2.19. The number of carbonyl (C=O) groups excluding carboxylic acids is 3. The molecule has 6 rings (SSSR count). The number of aromatic carboxylic acids is 1. The summed E-state index contributed by atoms with van der Waals surface area (Å²) >= 11 is 5.92. The van der Waals surface area contributed by atoms with Crippen LogP contribution in [0.1, 0.15) is 57.9 Å². The Bertz CT molecular complexity index is 2090. The zero-order valence-electron chi connectivity index (χ0n) is 26.2. The van der Waals surface area contributed by atoms with E-state index in [9.17, 15) is 33.9 Å². The van der Waals surface area contributed by atoms with Gasteiger partial charge in [-0.2, -0.15) is 4.73 Å². The van der Waals surface area contributed by atoms with Crippen LogP contribution in [0.25, 0.3) is 22.3 Å². The Morgan fingerprint density at radius 1 is 1.02 bits per heavy atom. The van der Waals surface area contributed by atoms with Crippen LogP contribution >= 0.6 is 11.6 Å². The molecule has 3 amide bonds. The Kier molecular flexibility index (Phi) is 9.36. The van der Waals surface area contributed by atoms with Crippen molar-refractivity contribution in [3.63, 3.8) is 0 Å². The normalized spacial score (nSPS) is 13.7. The van der Waals surface area contributed by atoms with Gasteiger partial charge in [-0.25, -0.2) is 14.2 Å². The van der Waals surface area contributed by atoms with Crippen LogP contribution in [-0.4, -0.2) is 54.7 Å². The van der Waals surface area contributed by atoms with E-state index >= 15 is 0 Å². The quantitative estimate of drug-likeness (QED) is 0.0950. The van der Waals surface area contributed by atoms with E-state index in [1.54, 1.807) is 42.5 Å². The number of halogens is 2. The number of carboxylic acids is 1. The van der Waals surface area contributed by atoms with Gasteiger partial charge < -0.3 is 31.2 Å². The second-order valence-electron chi connectivity index (χ2n) is 12.0. The number of amides is 3. The number of aromatic amines is 1.